The molecule has 1 aromatic heterocycles. The summed E-state index contributed by atoms with van der Waals surface area (Å²) in [6.07, 6.45) is 0. The van der Waals surface area contributed by atoms with Crippen LogP contribution < -0.4 is 0 Å². The molecule has 2 heterocycles. The third kappa shape index (κ3) is 2.47. The molecule has 0 saturated carbocycles. The van der Waals surface area contributed by atoms with E-state index in [4.69, 9.17) is 0 Å². The van der Waals surface area contributed by atoms with Gasteiger partial charge in [0.2, 0.25) is 0 Å². The Balaban J connectivity index is 1.91. The molecular formula is C15H16N2OS2. The molecule has 0 N–H and O–H groups in total. The zero-order valence-electron chi connectivity index (χ0n) is 11.5. The molecule has 0 radical (unpaired) electrons. The van der Waals surface area contributed by atoms with E-state index in [1.807, 2.05) is 53.9 Å². The number of hydrogen-bond donors (Lipinski definition) is 0. The summed E-state index contributed by atoms with van der Waals surface area (Å²) in [6.45, 7) is 4.84. The number of aryl methyl sites for hydroxylation is 1. The lowest BCUT2D eigenvalue weighted by Crippen LogP contribution is -2.32. The van der Waals surface area contributed by atoms with Crippen molar-refractivity contribution >= 4 is 29.0 Å². The largest absolute Gasteiger partial charge is 0.325 e. The van der Waals surface area contributed by atoms with Crippen molar-refractivity contribution in [3.8, 4) is 10.6 Å². The van der Waals surface area contributed by atoms with E-state index in [1.54, 1.807) is 0 Å². The van der Waals surface area contributed by atoms with Crippen LogP contribution in [-0.4, -0.2) is 33.5 Å². The molecule has 1 unspecified atom stereocenters. The summed E-state index contributed by atoms with van der Waals surface area (Å²) >= 11 is 3.32. The molecule has 1 aliphatic rings. The maximum atomic E-state index is 12.6. The predicted molar refractivity (Wildman–Crippen MR) is 85.2 cm³/mol. The average Bonchev–Trinajstić information content (AvgIpc) is 3.05. The molecule has 3 nitrogen and oxygen atoms in total. The zero-order valence-corrected chi connectivity index (χ0v) is 13.1. The molecule has 1 atom stereocenters. The molecule has 1 amide bonds. The van der Waals surface area contributed by atoms with E-state index in [1.165, 1.54) is 11.3 Å². The Hall–Kier alpha value is -1.33. The molecule has 0 aliphatic carbocycles. The third-order valence-electron chi connectivity index (χ3n) is 3.40. The van der Waals surface area contributed by atoms with E-state index in [0.717, 1.165) is 33.4 Å². The first kappa shape index (κ1) is 13.6. The highest BCUT2D eigenvalue weighted by atomic mass is 32.2. The van der Waals surface area contributed by atoms with Gasteiger partial charge in [-0.1, -0.05) is 30.3 Å². The van der Waals surface area contributed by atoms with Crippen LogP contribution in [0.15, 0.2) is 30.3 Å². The molecule has 0 spiro atoms. The van der Waals surface area contributed by atoms with E-state index in [0.29, 0.717) is 0 Å². The minimum atomic E-state index is 0.125. The van der Waals surface area contributed by atoms with Gasteiger partial charge in [0.1, 0.15) is 9.88 Å². The lowest BCUT2D eigenvalue weighted by Gasteiger charge is -2.19. The molecule has 1 aromatic carbocycles. The van der Waals surface area contributed by atoms with Crippen LogP contribution in [0.1, 0.15) is 22.3 Å². The Morgan fingerprint density at radius 1 is 1.35 bits per heavy atom. The molecule has 5 heteroatoms. The van der Waals surface area contributed by atoms with Crippen molar-refractivity contribution in [1.82, 2.24) is 9.88 Å². The minimum Gasteiger partial charge on any atom is -0.325 e. The molecule has 0 bridgehead atoms. The highest BCUT2D eigenvalue weighted by Gasteiger charge is 2.29. The zero-order chi connectivity index (χ0) is 14.1. The van der Waals surface area contributed by atoms with Gasteiger partial charge in [0.15, 0.2) is 0 Å². The second-order valence-corrected chi connectivity index (χ2v) is 7.19. The van der Waals surface area contributed by atoms with E-state index in [2.05, 4.69) is 11.9 Å². The average molecular weight is 304 g/mol. The summed E-state index contributed by atoms with van der Waals surface area (Å²) in [5, 5.41) is 1.19. The van der Waals surface area contributed by atoms with Crippen LogP contribution in [0.5, 0.6) is 0 Å². The Labute approximate surface area is 127 Å². The van der Waals surface area contributed by atoms with E-state index < -0.39 is 0 Å². The minimum absolute atomic E-state index is 0.125. The lowest BCUT2D eigenvalue weighted by atomic mass is 10.2. The maximum absolute atomic E-state index is 12.6. The Morgan fingerprint density at radius 3 is 2.75 bits per heavy atom. The van der Waals surface area contributed by atoms with E-state index in [9.17, 15) is 4.79 Å². The number of benzene rings is 1. The summed E-state index contributed by atoms with van der Waals surface area (Å²) in [4.78, 5) is 19.9. The van der Waals surface area contributed by atoms with Crippen molar-refractivity contribution in [2.75, 3.05) is 12.3 Å². The van der Waals surface area contributed by atoms with Crippen molar-refractivity contribution < 1.29 is 4.79 Å². The second-order valence-electron chi connectivity index (χ2n) is 4.77. The van der Waals surface area contributed by atoms with Crippen LogP contribution in [0, 0.1) is 6.92 Å². The van der Waals surface area contributed by atoms with Crippen molar-refractivity contribution in [3.63, 3.8) is 0 Å². The number of carbonyl (C=O) groups excluding carboxylic acids is 1. The molecule has 20 heavy (non-hydrogen) atoms. The topological polar surface area (TPSA) is 33.2 Å². The standard InChI is InChI=1S/C15H16N2OS2/c1-10-13(15(18)17-8-9-19-11(17)2)20-14(16-10)12-6-4-3-5-7-12/h3-7,11H,8-9H2,1-2H3. The maximum Gasteiger partial charge on any atom is 0.266 e. The smallest absolute Gasteiger partial charge is 0.266 e. The van der Waals surface area contributed by atoms with E-state index >= 15 is 0 Å². The van der Waals surface area contributed by atoms with Crippen LogP contribution in [-0.2, 0) is 0 Å². The van der Waals surface area contributed by atoms with Gasteiger partial charge >= 0.3 is 0 Å². The van der Waals surface area contributed by atoms with Gasteiger partial charge in [0, 0.05) is 17.9 Å². The Morgan fingerprint density at radius 2 is 2.10 bits per heavy atom. The Kier molecular flexibility index (Phi) is 3.81. The molecule has 1 aliphatic heterocycles. The van der Waals surface area contributed by atoms with Gasteiger partial charge < -0.3 is 4.90 Å². The van der Waals surface area contributed by atoms with Gasteiger partial charge in [-0.25, -0.2) is 4.98 Å². The number of carbonyl (C=O) groups is 1. The quantitative estimate of drug-likeness (QED) is 0.849. The summed E-state index contributed by atoms with van der Waals surface area (Å²) in [5.74, 6) is 1.15. The van der Waals surface area contributed by atoms with Gasteiger partial charge in [-0.3, -0.25) is 4.79 Å². The number of amides is 1. The number of rotatable bonds is 2. The summed E-state index contributed by atoms with van der Waals surface area (Å²) in [7, 11) is 0. The predicted octanol–water partition coefficient (Wildman–Crippen LogP) is 3.65. The molecule has 3 rings (SSSR count). The molecule has 1 fully saturated rings. The fourth-order valence-electron chi connectivity index (χ4n) is 2.29. The van der Waals surface area contributed by atoms with Crippen LogP contribution in [0.4, 0.5) is 0 Å². The highest BCUT2D eigenvalue weighted by Crippen LogP contribution is 2.31. The van der Waals surface area contributed by atoms with Gasteiger partial charge in [0.25, 0.3) is 5.91 Å². The van der Waals surface area contributed by atoms with Crippen LogP contribution in [0.3, 0.4) is 0 Å². The number of hydrogen-bond acceptors (Lipinski definition) is 4. The van der Waals surface area contributed by atoms with Crippen molar-refractivity contribution in [3.05, 3.63) is 40.9 Å². The van der Waals surface area contributed by atoms with Crippen LogP contribution in [0.25, 0.3) is 10.6 Å². The van der Waals surface area contributed by atoms with Gasteiger partial charge in [-0.05, 0) is 13.8 Å². The molecular weight excluding hydrogens is 288 g/mol. The normalized spacial score (nSPS) is 18.5. The first-order chi connectivity index (χ1) is 9.66. The summed E-state index contributed by atoms with van der Waals surface area (Å²) < 4.78 is 0. The van der Waals surface area contributed by atoms with Crippen LogP contribution in [0.2, 0.25) is 0 Å². The fourth-order valence-corrected chi connectivity index (χ4v) is 4.34. The number of thiazole rings is 1. The second kappa shape index (κ2) is 5.58. The SMILES string of the molecule is Cc1nc(-c2ccccc2)sc1C(=O)N1CCSC1C. The van der Waals surface area contributed by atoms with Crippen molar-refractivity contribution in [1.29, 1.82) is 0 Å². The van der Waals surface area contributed by atoms with Gasteiger partial charge in [0.05, 0.1) is 11.1 Å². The van der Waals surface area contributed by atoms with Gasteiger partial charge in [-0.2, -0.15) is 0 Å². The Bertz CT molecular complexity index is 624. The molecule has 104 valence electrons. The number of aromatic nitrogens is 1. The number of nitrogens with zero attached hydrogens (tertiary/aromatic N) is 2. The lowest BCUT2D eigenvalue weighted by molar-refractivity contribution is 0.0772. The molecule has 1 saturated heterocycles. The van der Waals surface area contributed by atoms with Gasteiger partial charge in [-0.15, -0.1) is 23.1 Å². The molecule has 2 aromatic rings. The third-order valence-corrected chi connectivity index (χ3v) is 5.75. The summed E-state index contributed by atoms with van der Waals surface area (Å²) in [5.41, 5.74) is 1.91. The fraction of sp³-hybridized carbons (Fsp3) is 0.333. The van der Waals surface area contributed by atoms with Crippen molar-refractivity contribution in [2.24, 2.45) is 0 Å². The van der Waals surface area contributed by atoms with E-state index in [-0.39, 0.29) is 11.3 Å². The summed E-state index contributed by atoms with van der Waals surface area (Å²) in [6, 6.07) is 10.0. The van der Waals surface area contributed by atoms with Crippen LogP contribution >= 0.6 is 23.1 Å². The number of thioether (sulfide) groups is 1. The first-order valence-corrected chi connectivity index (χ1v) is 8.49. The highest BCUT2D eigenvalue weighted by molar-refractivity contribution is 8.00. The van der Waals surface area contributed by atoms with Crippen molar-refractivity contribution in [2.45, 2.75) is 19.2 Å². The first-order valence-electron chi connectivity index (χ1n) is 6.62. The monoisotopic (exact) mass is 304 g/mol.